The van der Waals surface area contributed by atoms with E-state index in [1.807, 2.05) is 90.4 Å². The van der Waals surface area contributed by atoms with Crippen LogP contribution in [-0.2, 0) is 41.7 Å². The topological polar surface area (TPSA) is 211 Å². The number of anilines is 2. The second-order valence-electron chi connectivity index (χ2n) is 22.4. The number of thiazole rings is 1. The molecule has 0 bridgehead atoms. The minimum Gasteiger partial charge on any atom is -0.391 e. The lowest BCUT2D eigenvalue weighted by Gasteiger charge is -2.37. The number of carbonyl (C=O) groups excluding carboxylic acids is 4. The summed E-state index contributed by atoms with van der Waals surface area (Å²) in [6, 6.07) is 21.0. The van der Waals surface area contributed by atoms with Gasteiger partial charge in [0.05, 0.1) is 42.0 Å². The van der Waals surface area contributed by atoms with Gasteiger partial charge in [-0.2, -0.15) is 0 Å². The summed E-state index contributed by atoms with van der Waals surface area (Å²) in [7, 11) is 0. The van der Waals surface area contributed by atoms with E-state index in [9.17, 15) is 29.1 Å². The summed E-state index contributed by atoms with van der Waals surface area (Å²) < 4.78 is 17.3. The lowest BCUT2D eigenvalue weighted by Crippen LogP contribution is -2.58. The smallest absolute Gasteiger partial charge is 0.253 e. The second-order valence-corrected chi connectivity index (χ2v) is 23.3. The number of likely N-dealkylation sites (tertiary alicyclic amines) is 1. The zero-order valence-electron chi connectivity index (χ0n) is 47.8. The molecule has 8 rings (SSSR count). The molecule has 2 aromatic heterocycles. The van der Waals surface area contributed by atoms with Crippen molar-refractivity contribution in [3.63, 3.8) is 0 Å². The van der Waals surface area contributed by atoms with Crippen LogP contribution >= 0.6 is 11.3 Å². The SMILES string of the molecule is CCN(c1cc(-c2ccc(N3CCN(CCOCCOCC(=O)N[C@H](C(=O)N4C[C@@H](O)C[C@H]4C(=O)NCc4ccc(-c5scnc5C)cc4)C(C)(C)C)CC3)cc2)cc(C(=O)NCc2c(C)cc(C)[nH]c2=O)c1C)C1CCOCC1. The summed E-state index contributed by atoms with van der Waals surface area (Å²) in [5.74, 6) is -1.49. The molecule has 5 heterocycles. The molecule has 430 valence electrons. The summed E-state index contributed by atoms with van der Waals surface area (Å²) in [5.41, 5.74) is 11.6. The van der Waals surface area contributed by atoms with Crippen LogP contribution in [-0.4, -0.2) is 158 Å². The fourth-order valence-corrected chi connectivity index (χ4v) is 11.9. The molecule has 80 heavy (non-hydrogen) atoms. The first-order valence-corrected chi connectivity index (χ1v) is 29.0. The molecule has 18 nitrogen and oxygen atoms in total. The number of piperazine rings is 1. The summed E-state index contributed by atoms with van der Waals surface area (Å²) in [5, 5.41) is 19.5. The number of β-amino-alcohol motifs (C(OH)–C–C–N with tert-alkyl or cyclic N) is 1. The second kappa shape index (κ2) is 27.3. The van der Waals surface area contributed by atoms with E-state index >= 15 is 0 Å². The maximum Gasteiger partial charge on any atom is 0.253 e. The number of nitrogens with one attached hydrogen (secondary N) is 4. The first-order chi connectivity index (χ1) is 38.4. The monoisotopic (exact) mass is 1120 g/mol. The Hall–Kier alpha value is -6.48. The molecule has 0 aliphatic carbocycles. The number of aryl methyl sites for hydroxylation is 3. The molecule has 0 radical (unpaired) electrons. The Morgan fingerprint density at radius 3 is 2.24 bits per heavy atom. The van der Waals surface area contributed by atoms with Crippen LogP contribution in [0.2, 0.25) is 0 Å². The van der Waals surface area contributed by atoms with Crippen molar-refractivity contribution < 1.29 is 38.5 Å². The fraction of sp³-hybridized carbons (Fsp3) is 0.508. The van der Waals surface area contributed by atoms with Crippen molar-refractivity contribution in [1.82, 2.24) is 35.7 Å². The number of aliphatic hydroxyl groups excluding tert-OH is 1. The van der Waals surface area contributed by atoms with E-state index in [-0.39, 0.29) is 56.6 Å². The van der Waals surface area contributed by atoms with Crippen LogP contribution in [0.1, 0.15) is 91.0 Å². The predicted molar refractivity (Wildman–Crippen MR) is 313 cm³/mol. The highest BCUT2D eigenvalue weighted by Gasteiger charge is 2.44. The number of amides is 4. The summed E-state index contributed by atoms with van der Waals surface area (Å²) in [6.07, 6.45) is 1.06. The Kier molecular flexibility index (Phi) is 20.4. The van der Waals surface area contributed by atoms with Gasteiger partial charge in [-0.25, -0.2) is 4.98 Å². The number of pyridine rings is 1. The standard InChI is InChI=1S/C61H81N9O9S/c1-9-69(48-18-25-77-26-19-48)52-32-46(31-50(41(52)4)57(73)63-35-51-39(2)30-40(3)65-58(51)74)44-14-16-47(17-15-44)68-22-20-67(21-23-68)24-27-78-28-29-79-37-54(72)66-56(61(6,7)8)60(76)70-36-49(71)33-53(70)59(75)62-34-43-10-12-45(13-11-43)55-42(5)64-38-80-55/h10-17,30-32,38,48-49,53,56,71H,9,18-29,33-37H2,1-8H3,(H,62,75)(H,63,73)(H,65,74)(H,66,72)/t49-,53-,56+/m0/s1. The highest BCUT2D eigenvalue weighted by atomic mass is 32.1. The summed E-state index contributed by atoms with van der Waals surface area (Å²) >= 11 is 1.57. The molecular formula is C61H81N9O9S. The molecule has 5 N–H and O–H groups in total. The van der Waals surface area contributed by atoms with Gasteiger partial charge in [0.25, 0.3) is 11.5 Å². The van der Waals surface area contributed by atoms with Crippen LogP contribution in [0.4, 0.5) is 11.4 Å². The van der Waals surface area contributed by atoms with E-state index in [1.54, 1.807) is 11.3 Å². The number of hydrogen-bond acceptors (Lipinski definition) is 14. The average molecular weight is 1120 g/mol. The lowest BCUT2D eigenvalue weighted by atomic mass is 9.85. The fourth-order valence-electron chi connectivity index (χ4n) is 11.0. The largest absolute Gasteiger partial charge is 0.391 e. The number of aliphatic hydroxyl groups is 1. The van der Waals surface area contributed by atoms with Crippen LogP contribution in [0.3, 0.4) is 0 Å². The quantitative estimate of drug-likeness (QED) is 0.0483. The molecule has 3 aliphatic heterocycles. The molecule has 3 aromatic carbocycles. The van der Waals surface area contributed by atoms with E-state index in [2.05, 4.69) is 77.9 Å². The number of carbonyl (C=O) groups is 4. The Labute approximate surface area is 474 Å². The average Bonchev–Trinajstić information content (AvgIpc) is 4.09. The normalized spacial score (nSPS) is 17.6. The number of hydrogen-bond donors (Lipinski definition) is 5. The van der Waals surface area contributed by atoms with Gasteiger partial charge in [-0.05, 0) is 117 Å². The minimum atomic E-state index is -0.962. The molecule has 3 saturated heterocycles. The van der Waals surface area contributed by atoms with E-state index in [4.69, 9.17) is 14.2 Å². The third-order valence-electron chi connectivity index (χ3n) is 15.6. The van der Waals surface area contributed by atoms with E-state index < -0.39 is 35.4 Å². The van der Waals surface area contributed by atoms with Gasteiger partial charge in [0.15, 0.2) is 0 Å². The van der Waals surface area contributed by atoms with E-state index in [0.29, 0.717) is 43.6 Å². The van der Waals surface area contributed by atoms with Crippen LogP contribution in [0.15, 0.2) is 77.0 Å². The van der Waals surface area contributed by atoms with Crippen molar-refractivity contribution >= 4 is 46.3 Å². The number of H-pyrrole nitrogens is 1. The Balaban J connectivity index is 0.771. The van der Waals surface area contributed by atoms with Gasteiger partial charge >= 0.3 is 0 Å². The summed E-state index contributed by atoms with van der Waals surface area (Å²) in [4.78, 5) is 84.5. The van der Waals surface area contributed by atoms with Crippen molar-refractivity contribution in [3.8, 4) is 21.6 Å². The number of benzene rings is 3. The maximum absolute atomic E-state index is 14.1. The molecule has 3 aliphatic rings. The van der Waals surface area contributed by atoms with E-state index in [0.717, 1.165) is 113 Å². The Morgan fingerprint density at radius 1 is 0.875 bits per heavy atom. The lowest BCUT2D eigenvalue weighted by molar-refractivity contribution is -0.144. The van der Waals surface area contributed by atoms with Gasteiger partial charge in [0, 0.05) is 113 Å². The van der Waals surface area contributed by atoms with Crippen molar-refractivity contribution in [2.45, 2.75) is 112 Å². The van der Waals surface area contributed by atoms with Gasteiger partial charge < -0.3 is 55.0 Å². The third kappa shape index (κ3) is 15.1. The number of ether oxygens (including phenoxy) is 3. The molecule has 5 aromatic rings. The van der Waals surface area contributed by atoms with Crippen LogP contribution in [0, 0.1) is 33.1 Å². The van der Waals surface area contributed by atoms with Gasteiger partial charge in [-0.3, -0.25) is 28.9 Å². The molecule has 0 spiro atoms. The zero-order valence-corrected chi connectivity index (χ0v) is 48.6. The van der Waals surface area contributed by atoms with Crippen molar-refractivity contribution in [3.05, 3.63) is 122 Å². The molecule has 3 atom stereocenters. The number of rotatable bonds is 22. The van der Waals surface area contributed by atoms with Gasteiger partial charge in [-0.1, -0.05) is 57.2 Å². The highest BCUT2D eigenvalue weighted by molar-refractivity contribution is 7.13. The molecule has 0 unspecified atom stereocenters. The summed E-state index contributed by atoms with van der Waals surface area (Å²) in [6.45, 7) is 22.9. The van der Waals surface area contributed by atoms with E-state index in [1.165, 1.54) is 4.90 Å². The Morgan fingerprint density at radius 2 is 1.57 bits per heavy atom. The number of aromatic amines is 1. The first kappa shape index (κ1) is 59.6. The highest BCUT2D eigenvalue weighted by Crippen LogP contribution is 2.35. The van der Waals surface area contributed by atoms with Gasteiger partial charge in [0.2, 0.25) is 17.7 Å². The number of nitrogens with zero attached hydrogens (tertiary/aromatic N) is 5. The van der Waals surface area contributed by atoms with Crippen molar-refractivity contribution in [2.75, 3.05) is 95.3 Å². The molecule has 0 saturated carbocycles. The first-order valence-electron chi connectivity index (χ1n) is 28.1. The molecule has 4 amide bonds. The third-order valence-corrected chi connectivity index (χ3v) is 16.6. The predicted octanol–water partition coefficient (Wildman–Crippen LogP) is 6.30. The maximum atomic E-state index is 14.1. The Bertz CT molecular complexity index is 2980. The zero-order chi connectivity index (χ0) is 57.1. The molecular weight excluding hydrogens is 1030 g/mol. The molecule has 3 fully saturated rings. The van der Waals surface area contributed by atoms with Gasteiger partial charge in [0.1, 0.15) is 18.7 Å². The van der Waals surface area contributed by atoms with Gasteiger partial charge in [-0.15, -0.1) is 11.3 Å². The van der Waals surface area contributed by atoms with Crippen LogP contribution in [0.25, 0.3) is 21.6 Å². The number of aromatic nitrogens is 2. The molecule has 19 heteroatoms. The van der Waals surface area contributed by atoms with Crippen LogP contribution in [0.5, 0.6) is 0 Å². The van der Waals surface area contributed by atoms with Crippen LogP contribution < -0.4 is 31.3 Å². The van der Waals surface area contributed by atoms with Crippen molar-refractivity contribution in [1.29, 1.82) is 0 Å². The minimum absolute atomic E-state index is 0.0135. The van der Waals surface area contributed by atoms with Crippen molar-refractivity contribution in [2.24, 2.45) is 5.41 Å².